The minimum absolute atomic E-state index is 0.179. The Hall–Kier alpha value is -0.580. The molecule has 0 heterocycles. The van der Waals surface area contributed by atoms with Crippen LogP contribution in [0.5, 0.6) is 0 Å². The van der Waals surface area contributed by atoms with Gasteiger partial charge in [-0.1, -0.05) is 12.8 Å². The van der Waals surface area contributed by atoms with Crippen molar-refractivity contribution in [3.8, 4) is 0 Å². The molecule has 0 fully saturated rings. The molecule has 0 radical (unpaired) electrons. The molecular weight excluding hydrogens is 192 g/mol. The number of rotatable bonds is 7. The van der Waals surface area contributed by atoms with Crippen LogP contribution in [0.4, 0.5) is 0 Å². The van der Waals surface area contributed by atoms with Gasteiger partial charge in [-0.25, -0.2) is 8.42 Å². The van der Waals surface area contributed by atoms with Crippen LogP contribution in [0, 0.1) is 0 Å². The maximum absolute atomic E-state index is 10.7. The number of sulfone groups is 1. The lowest BCUT2D eigenvalue weighted by Gasteiger charge is -1.98. The fourth-order valence-corrected chi connectivity index (χ4v) is 1.72. The fraction of sp³-hybridized carbons (Fsp3) is 0.875. The summed E-state index contributed by atoms with van der Waals surface area (Å²) in [6, 6.07) is 0. The Morgan fingerprint density at radius 2 is 1.69 bits per heavy atom. The van der Waals surface area contributed by atoms with Crippen LogP contribution in [0.25, 0.3) is 0 Å². The first-order chi connectivity index (χ1) is 5.92. The Morgan fingerprint density at radius 3 is 2.15 bits per heavy atom. The number of carboxylic acid groups (broad SMARTS) is 1. The summed E-state index contributed by atoms with van der Waals surface area (Å²) in [4.78, 5) is 10.1. The first-order valence-corrected chi connectivity index (χ1v) is 6.37. The average molecular weight is 208 g/mol. The topological polar surface area (TPSA) is 71.4 Å². The monoisotopic (exact) mass is 208 g/mol. The Balaban J connectivity index is 3.23. The standard InChI is InChI=1S/C8H16O4S/c1-13(11,12)7-5-3-2-4-6-8(9)10/h2-7H2,1H3,(H,9,10). The van der Waals surface area contributed by atoms with Crippen LogP contribution in [0.15, 0.2) is 0 Å². The van der Waals surface area contributed by atoms with Crippen molar-refractivity contribution in [3.63, 3.8) is 0 Å². The van der Waals surface area contributed by atoms with Gasteiger partial charge in [0, 0.05) is 18.4 Å². The van der Waals surface area contributed by atoms with E-state index in [2.05, 4.69) is 0 Å². The Labute approximate surface area is 78.9 Å². The number of carboxylic acids is 1. The van der Waals surface area contributed by atoms with E-state index < -0.39 is 15.8 Å². The van der Waals surface area contributed by atoms with Crippen molar-refractivity contribution in [3.05, 3.63) is 0 Å². The number of hydrogen-bond donors (Lipinski definition) is 1. The summed E-state index contributed by atoms with van der Waals surface area (Å²) >= 11 is 0. The van der Waals surface area contributed by atoms with Gasteiger partial charge in [0.2, 0.25) is 0 Å². The van der Waals surface area contributed by atoms with Gasteiger partial charge in [-0.15, -0.1) is 0 Å². The van der Waals surface area contributed by atoms with Crippen LogP contribution in [-0.4, -0.2) is 31.5 Å². The molecule has 0 saturated heterocycles. The predicted molar refractivity (Wildman–Crippen MR) is 50.4 cm³/mol. The fourth-order valence-electron chi connectivity index (χ4n) is 0.994. The molecule has 0 aliphatic rings. The van der Waals surface area contributed by atoms with Crippen molar-refractivity contribution in [2.45, 2.75) is 32.1 Å². The van der Waals surface area contributed by atoms with Crippen molar-refractivity contribution in [2.24, 2.45) is 0 Å². The first-order valence-electron chi connectivity index (χ1n) is 4.31. The molecule has 0 saturated carbocycles. The lowest BCUT2D eigenvalue weighted by molar-refractivity contribution is -0.137. The Morgan fingerprint density at radius 1 is 1.15 bits per heavy atom. The van der Waals surface area contributed by atoms with E-state index in [0.717, 1.165) is 12.8 Å². The predicted octanol–water partition coefficient (Wildman–Crippen LogP) is 1.07. The first kappa shape index (κ1) is 12.4. The molecule has 0 amide bonds. The van der Waals surface area contributed by atoms with E-state index in [1.807, 2.05) is 0 Å². The molecule has 78 valence electrons. The van der Waals surface area contributed by atoms with E-state index in [-0.39, 0.29) is 12.2 Å². The lowest BCUT2D eigenvalue weighted by atomic mass is 10.2. The molecule has 0 atom stereocenters. The zero-order chi connectivity index (χ0) is 10.3. The molecule has 1 N–H and O–H groups in total. The van der Waals surface area contributed by atoms with E-state index in [4.69, 9.17) is 5.11 Å². The Kier molecular flexibility index (Phi) is 5.70. The van der Waals surface area contributed by atoms with Crippen molar-refractivity contribution in [1.29, 1.82) is 0 Å². The highest BCUT2D eigenvalue weighted by Crippen LogP contribution is 2.04. The van der Waals surface area contributed by atoms with Gasteiger partial charge < -0.3 is 5.11 Å². The summed E-state index contributed by atoms with van der Waals surface area (Å²) in [7, 11) is -2.84. The summed E-state index contributed by atoms with van der Waals surface area (Å²) in [5.74, 6) is -0.580. The summed E-state index contributed by atoms with van der Waals surface area (Å²) in [6.45, 7) is 0. The second-order valence-electron chi connectivity index (χ2n) is 3.19. The second kappa shape index (κ2) is 5.96. The highest BCUT2D eigenvalue weighted by Gasteiger charge is 2.01. The van der Waals surface area contributed by atoms with Gasteiger partial charge in [-0.05, 0) is 12.8 Å². The van der Waals surface area contributed by atoms with Gasteiger partial charge in [-0.2, -0.15) is 0 Å². The highest BCUT2D eigenvalue weighted by atomic mass is 32.2. The largest absolute Gasteiger partial charge is 0.481 e. The molecule has 0 aromatic heterocycles. The van der Waals surface area contributed by atoms with E-state index in [1.54, 1.807) is 0 Å². The van der Waals surface area contributed by atoms with Crippen molar-refractivity contribution in [2.75, 3.05) is 12.0 Å². The van der Waals surface area contributed by atoms with Crippen LogP contribution in [0.2, 0.25) is 0 Å². The van der Waals surface area contributed by atoms with Crippen LogP contribution < -0.4 is 0 Å². The summed E-state index contributed by atoms with van der Waals surface area (Å²) in [5, 5.41) is 8.30. The third kappa shape index (κ3) is 11.4. The smallest absolute Gasteiger partial charge is 0.303 e. The zero-order valence-corrected chi connectivity index (χ0v) is 8.64. The molecule has 0 aromatic carbocycles. The minimum atomic E-state index is -2.84. The number of aliphatic carboxylic acids is 1. The van der Waals surface area contributed by atoms with Gasteiger partial charge in [0.25, 0.3) is 0 Å². The van der Waals surface area contributed by atoms with Crippen LogP contribution in [-0.2, 0) is 14.6 Å². The molecule has 5 heteroatoms. The normalized spacial score (nSPS) is 11.5. The Bertz CT molecular complexity index is 243. The molecule has 0 aliphatic carbocycles. The molecule has 13 heavy (non-hydrogen) atoms. The number of carbonyl (C=O) groups is 1. The molecule has 0 aliphatic heterocycles. The quantitative estimate of drug-likeness (QED) is 0.635. The van der Waals surface area contributed by atoms with Gasteiger partial charge in [-0.3, -0.25) is 4.79 Å². The number of hydrogen-bond acceptors (Lipinski definition) is 3. The third-order valence-corrected chi connectivity index (χ3v) is 2.69. The molecule has 0 aromatic rings. The summed E-state index contributed by atoms with van der Waals surface area (Å²) < 4.78 is 21.4. The third-order valence-electron chi connectivity index (χ3n) is 1.66. The van der Waals surface area contributed by atoms with E-state index in [9.17, 15) is 13.2 Å². The van der Waals surface area contributed by atoms with Gasteiger partial charge in [0.1, 0.15) is 9.84 Å². The number of unbranched alkanes of at least 4 members (excludes halogenated alkanes) is 3. The molecule has 4 nitrogen and oxygen atoms in total. The molecular formula is C8H16O4S. The van der Waals surface area contributed by atoms with Gasteiger partial charge >= 0.3 is 5.97 Å². The van der Waals surface area contributed by atoms with Crippen LogP contribution in [0.3, 0.4) is 0 Å². The van der Waals surface area contributed by atoms with E-state index >= 15 is 0 Å². The molecule has 0 rings (SSSR count). The van der Waals surface area contributed by atoms with Gasteiger partial charge in [0.15, 0.2) is 0 Å². The van der Waals surface area contributed by atoms with E-state index in [0.29, 0.717) is 12.8 Å². The van der Waals surface area contributed by atoms with Crippen LogP contribution in [0.1, 0.15) is 32.1 Å². The maximum Gasteiger partial charge on any atom is 0.303 e. The zero-order valence-electron chi connectivity index (χ0n) is 7.82. The highest BCUT2D eigenvalue weighted by molar-refractivity contribution is 7.90. The second-order valence-corrected chi connectivity index (χ2v) is 5.45. The molecule has 0 spiro atoms. The van der Waals surface area contributed by atoms with Crippen LogP contribution >= 0.6 is 0 Å². The maximum atomic E-state index is 10.7. The van der Waals surface area contributed by atoms with Crippen molar-refractivity contribution in [1.82, 2.24) is 0 Å². The van der Waals surface area contributed by atoms with Crippen molar-refractivity contribution >= 4 is 15.8 Å². The average Bonchev–Trinajstić information content (AvgIpc) is 1.93. The van der Waals surface area contributed by atoms with Gasteiger partial charge in [0.05, 0.1) is 0 Å². The SMILES string of the molecule is CS(=O)(=O)CCCCCCC(=O)O. The molecule has 0 unspecified atom stereocenters. The van der Waals surface area contributed by atoms with Crippen molar-refractivity contribution < 1.29 is 18.3 Å². The lowest BCUT2D eigenvalue weighted by Crippen LogP contribution is -2.02. The minimum Gasteiger partial charge on any atom is -0.481 e. The molecule has 0 bridgehead atoms. The summed E-state index contributed by atoms with van der Waals surface area (Å²) in [5.41, 5.74) is 0. The van der Waals surface area contributed by atoms with E-state index in [1.165, 1.54) is 6.26 Å². The summed E-state index contributed by atoms with van der Waals surface area (Å²) in [6.07, 6.45) is 4.25.